The lowest BCUT2D eigenvalue weighted by atomic mass is 10.2. The van der Waals surface area contributed by atoms with Gasteiger partial charge >= 0.3 is 0 Å². The molecule has 0 spiro atoms. The van der Waals surface area contributed by atoms with E-state index in [0.717, 1.165) is 28.2 Å². The highest BCUT2D eigenvalue weighted by atomic mass is 32.2. The maximum atomic E-state index is 13.5. The number of morpholine rings is 1. The molecule has 33 heavy (non-hydrogen) atoms. The zero-order valence-electron chi connectivity index (χ0n) is 18.7. The van der Waals surface area contributed by atoms with Crippen LogP contribution in [0.4, 0.5) is 5.13 Å². The first-order valence-corrected chi connectivity index (χ1v) is 14.5. The van der Waals surface area contributed by atoms with E-state index in [2.05, 4.69) is 11.0 Å². The lowest BCUT2D eigenvalue weighted by Crippen LogP contribution is -2.43. The third-order valence-electron chi connectivity index (χ3n) is 5.64. The van der Waals surface area contributed by atoms with E-state index in [-0.39, 0.29) is 16.6 Å². The summed E-state index contributed by atoms with van der Waals surface area (Å²) in [6.07, 6.45) is 2.03. The maximum absolute atomic E-state index is 13.5. The zero-order valence-corrected chi connectivity index (χ0v) is 21.1. The Morgan fingerprint density at radius 3 is 2.58 bits per heavy atom. The molecule has 2 heterocycles. The Kier molecular flexibility index (Phi) is 7.70. The molecule has 10 heteroatoms. The minimum atomic E-state index is -3.32. The number of hydrogen-bond donors (Lipinski definition) is 0. The summed E-state index contributed by atoms with van der Waals surface area (Å²) >= 11 is 3.17. The van der Waals surface area contributed by atoms with Crippen LogP contribution in [-0.4, -0.2) is 75.6 Å². The van der Waals surface area contributed by atoms with Crippen LogP contribution in [-0.2, 0) is 14.6 Å². The Labute approximate surface area is 202 Å². The molecule has 4 rings (SSSR count). The van der Waals surface area contributed by atoms with E-state index in [1.165, 1.54) is 23.5 Å². The molecule has 1 aliphatic rings. The van der Waals surface area contributed by atoms with Crippen molar-refractivity contribution in [3.05, 3.63) is 48.0 Å². The van der Waals surface area contributed by atoms with Crippen molar-refractivity contribution in [2.45, 2.75) is 16.7 Å². The summed E-state index contributed by atoms with van der Waals surface area (Å²) in [7, 11) is -3.32. The van der Waals surface area contributed by atoms with Gasteiger partial charge in [0.15, 0.2) is 15.0 Å². The van der Waals surface area contributed by atoms with Gasteiger partial charge in [-0.05, 0) is 48.7 Å². The standard InChI is InChI=1S/C23H27N3O4S3/c1-3-33(28,29)19-7-4-17(5-8-19)22(27)26(11-10-25-12-14-30-15-13-25)23-24-20-9-6-18(31-2)16-21(20)32-23/h4-9,16H,3,10-15H2,1-2H3. The van der Waals surface area contributed by atoms with Crippen molar-refractivity contribution in [3.8, 4) is 0 Å². The topological polar surface area (TPSA) is 79.8 Å². The largest absolute Gasteiger partial charge is 0.379 e. The molecular formula is C23H27N3O4S3. The predicted octanol–water partition coefficient (Wildman–Crippen LogP) is 3.79. The minimum absolute atomic E-state index is 0.0235. The Balaban J connectivity index is 1.63. The fraction of sp³-hybridized carbons (Fsp3) is 0.391. The number of sulfone groups is 1. The van der Waals surface area contributed by atoms with Crippen LogP contribution < -0.4 is 4.90 Å². The Bertz CT molecular complexity index is 1220. The number of hydrogen-bond acceptors (Lipinski definition) is 8. The van der Waals surface area contributed by atoms with Crippen molar-refractivity contribution in [1.82, 2.24) is 9.88 Å². The first kappa shape index (κ1) is 24.2. The van der Waals surface area contributed by atoms with Crippen molar-refractivity contribution < 1.29 is 17.9 Å². The summed E-state index contributed by atoms with van der Waals surface area (Å²) in [5.41, 5.74) is 1.30. The third kappa shape index (κ3) is 5.58. The molecule has 0 N–H and O–H groups in total. The van der Waals surface area contributed by atoms with Crippen molar-refractivity contribution >= 4 is 54.2 Å². The normalized spacial score (nSPS) is 15.1. The van der Waals surface area contributed by atoms with Crippen molar-refractivity contribution in [2.24, 2.45) is 0 Å². The molecule has 2 aromatic carbocycles. The molecule has 1 aromatic heterocycles. The molecule has 0 bridgehead atoms. The summed E-state index contributed by atoms with van der Waals surface area (Å²) in [5.74, 6) is -0.164. The molecule has 1 fully saturated rings. The van der Waals surface area contributed by atoms with E-state index in [1.54, 1.807) is 35.7 Å². The van der Waals surface area contributed by atoms with Gasteiger partial charge in [0, 0.05) is 36.6 Å². The average molecular weight is 506 g/mol. The highest BCUT2D eigenvalue weighted by Crippen LogP contribution is 2.32. The van der Waals surface area contributed by atoms with Gasteiger partial charge in [0.25, 0.3) is 5.91 Å². The van der Waals surface area contributed by atoms with E-state index in [0.29, 0.717) is 37.0 Å². The fourth-order valence-electron chi connectivity index (χ4n) is 3.61. The Morgan fingerprint density at radius 1 is 1.18 bits per heavy atom. The summed E-state index contributed by atoms with van der Waals surface area (Å²) in [6.45, 7) is 5.87. The number of carbonyl (C=O) groups is 1. The van der Waals surface area contributed by atoms with Crippen LogP contribution in [0.3, 0.4) is 0 Å². The average Bonchev–Trinajstić information content (AvgIpc) is 3.27. The van der Waals surface area contributed by atoms with Crippen LogP contribution in [0.2, 0.25) is 0 Å². The summed E-state index contributed by atoms with van der Waals surface area (Å²) in [4.78, 5) is 23.7. The van der Waals surface area contributed by atoms with Crippen molar-refractivity contribution in [1.29, 1.82) is 0 Å². The second-order valence-corrected chi connectivity index (χ2v) is 11.8. The van der Waals surface area contributed by atoms with Gasteiger partial charge in [0.2, 0.25) is 0 Å². The number of benzene rings is 2. The summed E-state index contributed by atoms with van der Waals surface area (Å²) < 4.78 is 30.8. The van der Waals surface area contributed by atoms with Crippen molar-refractivity contribution in [2.75, 3.05) is 56.3 Å². The summed E-state index contributed by atoms with van der Waals surface area (Å²) in [5, 5.41) is 0.645. The van der Waals surface area contributed by atoms with Crippen molar-refractivity contribution in [3.63, 3.8) is 0 Å². The van der Waals surface area contributed by atoms with Gasteiger partial charge < -0.3 is 4.74 Å². The first-order chi connectivity index (χ1) is 15.9. The number of thioether (sulfide) groups is 1. The molecule has 7 nitrogen and oxygen atoms in total. The van der Waals surface area contributed by atoms with Crippen LogP contribution >= 0.6 is 23.1 Å². The van der Waals surface area contributed by atoms with Gasteiger partial charge in [-0.2, -0.15) is 0 Å². The maximum Gasteiger partial charge on any atom is 0.260 e. The molecule has 0 unspecified atom stereocenters. The summed E-state index contributed by atoms with van der Waals surface area (Å²) in [6, 6.07) is 12.3. The molecule has 0 aliphatic carbocycles. The van der Waals surface area contributed by atoms with Gasteiger partial charge in [-0.25, -0.2) is 13.4 Å². The number of rotatable bonds is 8. The molecule has 176 valence electrons. The number of ether oxygens (including phenoxy) is 1. The molecule has 1 amide bonds. The van der Waals surface area contributed by atoms with Crippen LogP contribution in [0, 0.1) is 0 Å². The highest BCUT2D eigenvalue weighted by Gasteiger charge is 2.23. The molecule has 0 atom stereocenters. The number of aromatic nitrogens is 1. The lowest BCUT2D eigenvalue weighted by Gasteiger charge is -2.29. The molecule has 0 saturated carbocycles. The van der Waals surface area contributed by atoms with Gasteiger partial charge in [-0.15, -0.1) is 11.8 Å². The molecular weight excluding hydrogens is 478 g/mol. The van der Waals surface area contributed by atoms with Gasteiger partial charge in [-0.3, -0.25) is 14.6 Å². The molecule has 3 aromatic rings. The van der Waals surface area contributed by atoms with E-state index in [9.17, 15) is 13.2 Å². The fourth-order valence-corrected chi connectivity index (χ4v) is 6.04. The number of fused-ring (bicyclic) bond motifs is 1. The van der Waals surface area contributed by atoms with Gasteiger partial charge in [0.1, 0.15) is 0 Å². The Morgan fingerprint density at radius 2 is 1.91 bits per heavy atom. The number of carbonyl (C=O) groups excluding carboxylic acids is 1. The quantitative estimate of drug-likeness (QED) is 0.431. The van der Waals surface area contributed by atoms with E-state index in [1.807, 2.05) is 18.4 Å². The van der Waals surface area contributed by atoms with Crippen LogP contribution in [0.5, 0.6) is 0 Å². The Hall–Kier alpha value is -1.98. The first-order valence-electron chi connectivity index (χ1n) is 10.8. The predicted molar refractivity (Wildman–Crippen MR) is 135 cm³/mol. The van der Waals surface area contributed by atoms with Gasteiger partial charge in [-0.1, -0.05) is 18.3 Å². The number of thiazole rings is 1. The monoisotopic (exact) mass is 505 g/mol. The second-order valence-electron chi connectivity index (χ2n) is 7.67. The van der Waals surface area contributed by atoms with Crippen LogP contribution in [0.1, 0.15) is 17.3 Å². The SMILES string of the molecule is CCS(=O)(=O)c1ccc(C(=O)N(CCN2CCOCC2)c2nc3ccc(SC)cc3s2)cc1. The van der Waals surface area contributed by atoms with Crippen LogP contribution in [0.25, 0.3) is 10.2 Å². The zero-order chi connectivity index (χ0) is 23.4. The number of amides is 1. The molecule has 1 saturated heterocycles. The van der Waals surface area contributed by atoms with E-state index < -0.39 is 9.84 Å². The van der Waals surface area contributed by atoms with Gasteiger partial charge in [0.05, 0.1) is 34.1 Å². The van der Waals surface area contributed by atoms with Crippen LogP contribution in [0.15, 0.2) is 52.3 Å². The minimum Gasteiger partial charge on any atom is -0.379 e. The number of nitrogens with zero attached hydrogens (tertiary/aromatic N) is 3. The van der Waals surface area contributed by atoms with E-state index in [4.69, 9.17) is 9.72 Å². The third-order valence-corrected chi connectivity index (χ3v) is 9.16. The van der Waals surface area contributed by atoms with E-state index >= 15 is 0 Å². The number of anilines is 1. The molecule has 1 aliphatic heterocycles. The second kappa shape index (κ2) is 10.5. The highest BCUT2D eigenvalue weighted by molar-refractivity contribution is 7.98. The smallest absolute Gasteiger partial charge is 0.260 e. The molecule has 0 radical (unpaired) electrons. The lowest BCUT2D eigenvalue weighted by molar-refractivity contribution is 0.0391.